The van der Waals surface area contributed by atoms with E-state index in [4.69, 9.17) is 10.5 Å². The summed E-state index contributed by atoms with van der Waals surface area (Å²) in [6, 6.07) is 0. The molecule has 1 rings (SSSR count). The van der Waals surface area contributed by atoms with E-state index in [9.17, 15) is 0 Å². The van der Waals surface area contributed by atoms with Crippen LogP contribution in [0.1, 0.15) is 12.1 Å². The Bertz CT molecular complexity index is 341. The Hall–Kier alpha value is -1.10. The van der Waals surface area contributed by atoms with E-state index in [1.807, 2.05) is 6.92 Å². The lowest BCUT2D eigenvalue weighted by molar-refractivity contribution is 0.312. The minimum absolute atomic E-state index is 0.315. The van der Waals surface area contributed by atoms with Crippen molar-refractivity contribution in [1.29, 1.82) is 0 Å². The third kappa shape index (κ3) is 2.70. The van der Waals surface area contributed by atoms with E-state index in [2.05, 4.69) is 32.5 Å². The molecule has 5 heteroatoms. The van der Waals surface area contributed by atoms with Gasteiger partial charge in [-0.05, 0) is 29.3 Å². The smallest absolute Gasteiger partial charge is 0.258 e. The second-order valence-electron chi connectivity index (χ2n) is 2.72. The summed E-state index contributed by atoms with van der Waals surface area (Å²) in [4.78, 5) is 8.19. The van der Waals surface area contributed by atoms with Crippen molar-refractivity contribution in [3.63, 3.8) is 0 Å². The van der Waals surface area contributed by atoms with Crippen LogP contribution >= 0.6 is 15.9 Å². The van der Waals surface area contributed by atoms with Gasteiger partial charge in [0, 0.05) is 0 Å². The third-order valence-corrected chi connectivity index (χ3v) is 2.32. The van der Waals surface area contributed by atoms with Crippen LogP contribution in [0, 0.1) is 6.92 Å². The Morgan fingerprint density at radius 3 is 2.93 bits per heavy atom. The minimum atomic E-state index is 0.315. The van der Waals surface area contributed by atoms with Gasteiger partial charge in [-0.3, -0.25) is 0 Å². The average molecular weight is 258 g/mol. The van der Waals surface area contributed by atoms with Crippen LogP contribution in [0.4, 0.5) is 5.82 Å². The monoisotopic (exact) mass is 257 g/mol. The molecule has 0 atom stereocenters. The van der Waals surface area contributed by atoms with E-state index in [0.29, 0.717) is 22.9 Å². The number of nitrogens with zero attached hydrogens (tertiary/aromatic N) is 2. The van der Waals surface area contributed by atoms with Gasteiger partial charge in [0.05, 0.1) is 12.3 Å². The van der Waals surface area contributed by atoms with Crippen molar-refractivity contribution in [2.24, 2.45) is 0 Å². The number of aromatic nitrogens is 2. The largest absolute Gasteiger partial charge is 0.475 e. The van der Waals surface area contributed by atoms with E-state index >= 15 is 0 Å². The topological polar surface area (TPSA) is 61.0 Å². The van der Waals surface area contributed by atoms with Gasteiger partial charge in [0.25, 0.3) is 5.88 Å². The predicted octanol–water partition coefficient (Wildman–Crippen LogP) is 2.08. The molecule has 1 heterocycles. The van der Waals surface area contributed by atoms with Crippen molar-refractivity contribution in [1.82, 2.24) is 9.97 Å². The second-order valence-corrected chi connectivity index (χ2v) is 3.47. The van der Waals surface area contributed by atoms with Gasteiger partial charge in [-0.1, -0.05) is 6.08 Å². The first-order valence-electron chi connectivity index (χ1n) is 4.18. The van der Waals surface area contributed by atoms with Crippen molar-refractivity contribution in [2.45, 2.75) is 13.3 Å². The molecular formula is C9H12BrN3O. The molecule has 0 radical (unpaired) electrons. The quantitative estimate of drug-likeness (QED) is 0.663. The Morgan fingerprint density at radius 1 is 1.57 bits per heavy atom. The summed E-state index contributed by atoms with van der Waals surface area (Å²) in [6.07, 6.45) is 2.53. The standard InChI is InChI=1S/C9H12BrN3O/c1-3-4-5-14-9-8(11)12-6(2)7(10)13-9/h3H,1,4-5H2,2H3,(H2,11,12). The Kier molecular flexibility index (Phi) is 3.88. The van der Waals surface area contributed by atoms with Gasteiger partial charge < -0.3 is 10.5 Å². The van der Waals surface area contributed by atoms with Crippen LogP contribution in [0.15, 0.2) is 17.3 Å². The lowest BCUT2D eigenvalue weighted by Crippen LogP contribution is -2.05. The van der Waals surface area contributed by atoms with Gasteiger partial charge in [0.15, 0.2) is 5.82 Å². The normalized spacial score (nSPS) is 9.86. The summed E-state index contributed by atoms with van der Waals surface area (Å²) >= 11 is 3.26. The molecule has 0 saturated carbocycles. The molecule has 0 aliphatic heterocycles. The number of hydrogen-bond donors (Lipinski definition) is 1. The number of nitrogens with two attached hydrogens (primary N) is 1. The molecule has 0 saturated heterocycles. The Balaban J connectivity index is 2.76. The molecule has 1 aromatic heterocycles. The highest BCUT2D eigenvalue weighted by molar-refractivity contribution is 9.10. The summed E-state index contributed by atoms with van der Waals surface area (Å²) < 4.78 is 5.97. The molecular weight excluding hydrogens is 246 g/mol. The molecule has 1 aromatic rings. The van der Waals surface area contributed by atoms with Gasteiger partial charge in [0.2, 0.25) is 0 Å². The third-order valence-electron chi connectivity index (χ3n) is 1.57. The fraction of sp³-hybridized carbons (Fsp3) is 0.333. The predicted molar refractivity (Wildman–Crippen MR) is 59.2 cm³/mol. The van der Waals surface area contributed by atoms with Crippen LogP contribution in [0.3, 0.4) is 0 Å². The molecule has 0 spiro atoms. The first kappa shape index (κ1) is 11.0. The zero-order valence-electron chi connectivity index (χ0n) is 7.96. The van der Waals surface area contributed by atoms with Gasteiger partial charge in [-0.25, -0.2) is 9.97 Å². The van der Waals surface area contributed by atoms with E-state index in [1.54, 1.807) is 6.08 Å². The van der Waals surface area contributed by atoms with E-state index < -0.39 is 0 Å². The molecule has 14 heavy (non-hydrogen) atoms. The van der Waals surface area contributed by atoms with E-state index in [1.165, 1.54) is 0 Å². The maximum atomic E-state index is 5.63. The molecule has 0 fully saturated rings. The number of aryl methyl sites for hydroxylation is 1. The van der Waals surface area contributed by atoms with Crippen molar-refractivity contribution < 1.29 is 4.74 Å². The summed E-state index contributed by atoms with van der Waals surface area (Å²) in [7, 11) is 0. The Labute approximate surface area is 91.3 Å². The van der Waals surface area contributed by atoms with Crippen molar-refractivity contribution >= 4 is 21.7 Å². The van der Waals surface area contributed by atoms with Gasteiger partial charge in [-0.2, -0.15) is 0 Å². The van der Waals surface area contributed by atoms with E-state index in [0.717, 1.165) is 12.1 Å². The number of ether oxygens (including phenoxy) is 1. The van der Waals surface area contributed by atoms with Crippen LogP contribution in [0.5, 0.6) is 5.88 Å². The van der Waals surface area contributed by atoms with Gasteiger partial charge in [0.1, 0.15) is 4.60 Å². The number of anilines is 1. The average Bonchev–Trinajstić information content (AvgIpc) is 2.14. The molecule has 2 N–H and O–H groups in total. The zero-order chi connectivity index (χ0) is 10.6. The van der Waals surface area contributed by atoms with Crippen molar-refractivity contribution in [2.75, 3.05) is 12.3 Å². The first-order valence-corrected chi connectivity index (χ1v) is 4.97. The van der Waals surface area contributed by atoms with Crippen molar-refractivity contribution in [3.8, 4) is 5.88 Å². The molecule has 76 valence electrons. The minimum Gasteiger partial charge on any atom is -0.475 e. The fourth-order valence-corrected chi connectivity index (χ4v) is 1.10. The number of hydrogen-bond acceptors (Lipinski definition) is 4. The SMILES string of the molecule is C=CCCOc1nc(Br)c(C)nc1N. The number of nitrogen functional groups attached to an aromatic ring is 1. The second kappa shape index (κ2) is 4.95. The van der Waals surface area contributed by atoms with Crippen LogP contribution in [-0.2, 0) is 0 Å². The fourth-order valence-electron chi connectivity index (χ4n) is 0.847. The zero-order valence-corrected chi connectivity index (χ0v) is 9.54. The van der Waals surface area contributed by atoms with Gasteiger partial charge in [-0.15, -0.1) is 6.58 Å². The lowest BCUT2D eigenvalue weighted by atomic mass is 10.4. The molecule has 0 aliphatic rings. The molecule has 0 aromatic carbocycles. The maximum absolute atomic E-state index is 5.63. The molecule has 0 bridgehead atoms. The summed E-state index contributed by atoms with van der Waals surface area (Å²) in [5, 5.41) is 0. The summed E-state index contributed by atoms with van der Waals surface area (Å²) in [6.45, 7) is 5.92. The number of halogens is 1. The molecule has 4 nitrogen and oxygen atoms in total. The van der Waals surface area contributed by atoms with E-state index in [-0.39, 0.29) is 0 Å². The first-order chi connectivity index (χ1) is 6.65. The highest BCUT2D eigenvalue weighted by atomic mass is 79.9. The Morgan fingerprint density at radius 2 is 2.29 bits per heavy atom. The number of rotatable bonds is 4. The van der Waals surface area contributed by atoms with Crippen LogP contribution in [0.25, 0.3) is 0 Å². The summed E-state index contributed by atoms with van der Waals surface area (Å²) in [5.41, 5.74) is 6.38. The molecule has 0 aliphatic carbocycles. The van der Waals surface area contributed by atoms with Crippen molar-refractivity contribution in [3.05, 3.63) is 23.0 Å². The maximum Gasteiger partial charge on any atom is 0.258 e. The van der Waals surface area contributed by atoms with Crippen LogP contribution < -0.4 is 10.5 Å². The highest BCUT2D eigenvalue weighted by Crippen LogP contribution is 2.21. The van der Waals surface area contributed by atoms with Crippen LogP contribution in [-0.4, -0.2) is 16.6 Å². The molecule has 0 amide bonds. The van der Waals surface area contributed by atoms with Gasteiger partial charge >= 0.3 is 0 Å². The summed E-state index contributed by atoms with van der Waals surface area (Å²) in [5.74, 6) is 0.680. The van der Waals surface area contributed by atoms with Crippen LogP contribution in [0.2, 0.25) is 0 Å². The molecule has 0 unspecified atom stereocenters. The lowest BCUT2D eigenvalue weighted by Gasteiger charge is -2.07. The highest BCUT2D eigenvalue weighted by Gasteiger charge is 2.07.